The normalized spacial score (nSPS) is 17.4. The minimum absolute atomic E-state index is 0.0632. The number of rotatable bonds is 5. The number of benzene rings is 2. The van der Waals surface area contributed by atoms with Gasteiger partial charge >= 0.3 is 5.69 Å². The first-order valence-electron chi connectivity index (χ1n) is 10.3. The lowest BCUT2D eigenvalue weighted by Crippen LogP contribution is -2.41. The number of carbonyl (C=O) groups excluding carboxylic acids is 1. The number of aromatic nitrogens is 2. The van der Waals surface area contributed by atoms with Crippen LogP contribution in [0.4, 0.5) is 5.69 Å². The fourth-order valence-corrected chi connectivity index (χ4v) is 5.89. The van der Waals surface area contributed by atoms with Gasteiger partial charge in [0.05, 0.1) is 10.4 Å². The monoisotopic (exact) mass is 474 g/mol. The molecule has 1 N–H and O–H groups in total. The lowest BCUT2D eigenvalue weighted by molar-refractivity contribution is -0.116. The third kappa shape index (κ3) is 4.55. The third-order valence-electron chi connectivity index (χ3n) is 5.59. The molecular formula is C22H23ClN4O4S. The Morgan fingerprint density at radius 2 is 2.03 bits per heavy atom. The van der Waals surface area contributed by atoms with Crippen molar-refractivity contribution in [3.05, 3.63) is 64.2 Å². The Morgan fingerprint density at radius 1 is 1.22 bits per heavy atom. The first-order chi connectivity index (χ1) is 15.3. The van der Waals surface area contributed by atoms with Crippen LogP contribution >= 0.6 is 11.6 Å². The van der Waals surface area contributed by atoms with E-state index in [1.807, 2.05) is 6.92 Å². The third-order valence-corrected chi connectivity index (χ3v) is 7.84. The largest absolute Gasteiger partial charge is 0.348 e. The zero-order chi connectivity index (χ0) is 22.9. The van der Waals surface area contributed by atoms with Crippen LogP contribution in [0.5, 0.6) is 0 Å². The number of carbonyl (C=O) groups is 1. The number of halogens is 1. The molecule has 0 saturated carbocycles. The van der Waals surface area contributed by atoms with Gasteiger partial charge < -0.3 is 5.32 Å². The van der Waals surface area contributed by atoms with Crippen LogP contribution in [0.3, 0.4) is 0 Å². The van der Waals surface area contributed by atoms with Crippen LogP contribution in [0.25, 0.3) is 10.9 Å². The SMILES string of the molecule is CC1CCCCN1S(=O)(=O)c1ccc2c(cnc(=O)n2CC(=O)Nc2cccc(Cl)c2)c1. The van der Waals surface area contributed by atoms with Gasteiger partial charge in [-0.3, -0.25) is 9.36 Å². The van der Waals surface area contributed by atoms with E-state index in [0.29, 0.717) is 28.2 Å². The van der Waals surface area contributed by atoms with Crippen molar-refractivity contribution >= 4 is 44.1 Å². The summed E-state index contributed by atoms with van der Waals surface area (Å²) in [7, 11) is -3.67. The van der Waals surface area contributed by atoms with E-state index in [9.17, 15) is 18.0 Å². The highest BCUT2D eigenvalue weighted by Crippen LogP contribution is 2.27. The van der Waals surface area contributed by atoms with E-state index in [-0.39, 0.29) is 17.5 Å². The summed E-state index contributed by atoms with van der Waals surface area (Å²) in [4.78, 5) is 28.9. The Hall–Kier alpha value is -2.75. The van der Waals surface area contributed by atoms with Gasteiger partial charge in [-0.15, -0.1) is 0 Å². The van der Waals surface area contributed by atoms with Crippen molar-refractivity contribution in [2.24, 2.45) is 0 Å². The topological polar surface area (TPSA) is 101 Å². The molecule has 0 bridgehead atoms. The predicted molar refractivity (Wildman–Crippen MR) is 123 cm³/mol. The second-order valence-corrected chi connectivity index (χ2v) is 10.2. The fourth-order valence-electron chi connectivity index (χ4n) is 3.97. The van der Waals surface area contributed by atoms with Crippen molar-refractivity contribution in [3.63, 3.8) is 0 Å². The molecule has 1 unspecified atom stereocenters. The van der Waals surface area contributed by atoms with Gasteiger partial charge in [0.1, 0.15) is 6.54 Å². The molecule has 0 aliphatic carbocycles. The number of nitrogens with one attached hydrogen (secondary N) is 1. The zero-order valence-corrected chi connectivity index (χ0v) is 19.1. The van der Waals surface area contributed by atoms with Crippen LogP contribution in [0.1, 0.15) is 26.2 Å². The maximum atomic E-state index is 13.2. The first-order valence-corrected chi connectivity index (χ1v) is 12.1. The molecule has 168 valence electrons. The highest BCUT2D eigenvalue weighted by Gasteiger charge is 2.31. The van der Waals surface area contributed by atoms with E-state index in [0.717, 1.165) is 19.3 Å². The number of hydrogen-bond acceptors (Lipinski definition) is 5. The maximum Gasteiger partial charge on any atom is 0.348 e. The highest BCUT2D eigenvalue weighted by molar-refractivity contribution is 7.89. The summed E-state index contributed by atoms with van der Waals surface area (Å²) in [5.74, 6) is -0.428. The number of nitrogens with zero attached hydrogens (tertiary/aromatic N) is 3. The number of amides is 1. The Morgan fingerprint density at radius 3 is 2.78 bits per heavy atom. The van der Waals surface area contributed by atoms with E-state index >= 15 is 0 Å². The van der Waals surface area contributed by atoms with Crippen molar-refractivity contribution in [3.8, 4) is 0 Å². The molecule has 1 aliphatic rings. The minimum Gasteiger partial charge on any atom is -0.324 e. The standard InChI is InChI=1S/C22H23ClN4O4S/c1-15-5-2-3-10-27(15)32(30,31)19-8-9-20-16(11-19)13-24-22(29)26(20)14-21(28)25-18-7-4-6-17(23)12-18/h4,6-9,11-13,15H,2-3,5,10,14H2,1H3,(H,25,28). The summed E-state index contributed by atoms with van der Waals surface area (Å²) in [6.07, 6.45) is 4.01. The molecule has 32 heavy (non-hydrogen) atoms. The van der Waals surface area contributed by atoms with Gasteiger partial charge in [0.2, 0.25) is 15.9 Å². The maximum absolute atomic E-state index is 13.2. The van der Waals surface area contributed by atoms with Crippen molar-refractivity contribution < 1.29 is 13.2 Å². The van der Waals surface area contributed by atoms with Crippen molar-refractivity contribution in [2.45, 2.75) is 43.7 Å². The van der Waals surface area contributed by atoms with Crippen LogP contribution in [-0.4, -0.2) is 40.8 Å². The molecule has 1 fully saturated rings. The summed E-state index contributed by atoms with van der Waals surface area (Å²) >= 11 is 5.94. The quantitative estimate of drug-likeness (QED) is 0.611. The average molecular weight is 475 g/mol. The van der Waals surface area contributed by atoms with Gasteiger partial charge in [0.25, 0.3) is 0 Å². The zero-order valence-electron chi connectivity index (χ0n) is 17.5. The van der Waals surface area contributed by atoms with Crippen LogP contribution in [0.2, 0.25) is 5.02 Å². The van der Waals surface area contributed by atoms with E-state index < -0.39 is 21.6 Å². The summed E-state index contributed by atoms with van der Waals surface area (Å²) in [5.41, 5.74) is 0.337. The molecule has 10 heteroatoms. The smallest absolute Gasteiger partial charge is 0.324 e. The number of hydrogen-bond donors (Lipinski definition) is 1. The summed E-state index contributed by atoms with van der Waals surface area (Å²) in [5, 5.41) is 3.63. The molecular weight excluding hydrogens is 452 g/mol. The summed E-state index contributed by atoms with van der Waals surface area (Å²) in [6, 6.07) is 11.1. The lowest BCUT2D eigenvalue weighted by atomic mass is 10.1. The number of anilines is 1. The Bertz CT molecular complexity index is 1340. The molecule has 1 atom stereocenters. The molecule has 1 saturated heterocycles. The van der Waals surface area contributed by atoms with Gasteiger partial charge in [0, 0.05) is 34.9 Å². The number of piperidine rings is 1. The van der Waals surface area contributed by atoms with Gasteiger partial charge in [-0.05, 0) is 56.2 Å². The van der Waals surface area contributed by atoms with Gasteiger partial charge in [-0.2, -0.15) is 4.31 Å². The van der Waals surface area contributed by atoms with E-state index in [1.165, 1.54) is 27.2 Å². The minimum atomic E-state index is -3.67. The van der Waals surface area contributed by atoms with Crippen LogP contribution < -0.4 is 11.0 Å². The summed E-state index contributed by atoms with van der Waals surface area (Å²) in [6.45, 7) is 2.13. The van der Waals surface area contributed by atoms with Gasteiger partial charge in [-0.25, -0.2) is 18.2 Å². The second-order valence-electron chi connectivity index (χ2n) is 7.87. The van der Waals surface area contributed by atoms with Crippen molar-refractivity contribution in [1.29, 1.82) is 0 Å². The molecule has 1 amide bonds. The predicted octanol–water partition coefficient (Wildman–Crippen LogP) is 3.25. The molecule has 0 radical (unpaired) electrons. The molecule has 3 aromatic rings. The van der Waals surface area contributed by atoms with Crippen LogP contribution in [0.15, 0.2) is 58.4 Å². The summed E-state index contributed by atoms with van der Waals surface area (Å²) < 4.78 is 29.1. The first kappa shape index (κ1) is 22.4. The Kier molecular flexibility index (Phi) is 6.32. The lowest BCUT2D eigenvalue weighted by Gasteiger charge is -2.32. The van der Waals surface area contributed by atoms with Gasteiger partial charge in [0.15, 0.2) is 0 Å². The molecule has 1 aromatic heterocycles. The number of sulfonamides is 1. The van der Waals surface area contributed by atoms with Crippen molar-refractivity contribution in [2.75, 3.05) is 11.9 Å². The molecule has 4 rings (SSSR count). The second kappa shape index (κ2) is 9.01. The van der Waals surface area contributed by atoms with Crippen LogP contribution in [-0.2, 0) is 21.4 Å². The van der Waals surface area contributed by atoms with Gasteiger partial charge in [-0.1, -0.05) is 24.1 Å². The van der Waals surface area contributed by atoms with Crippen LogP contribution in [0, 0.1) is 0 Å². The average Bonchev–Trinajstić information content (AvgIpc) is 2.75. The molecule has 2 aromatic carbocycles. The molecule has 2 heterocycles. The van der Waals surface area contributed by atoms with E-state index in [2.05, 4.69) is 10.3 Å². The number of fused-ring (bicyclic) bond motifs is 1. The molecule has 8 nitrogen and oxygen atoms in total. The molecule has 0 spiro atoms. The highest BCUT2D eigenvalue weighted by atomic mass is 35.5. The Balaban J connectivity index is 1.64. The molecule has 1 aliphatic heterocycles. The Labute approximate surface area is 190 Å². The fraction of sp³-hybridized carbons (Fsp3) is 0.318. The van der Waals surface area contributed by atoms with E-state index in [4.69, 9.17) is 11.6 Å². The van der Waals surface area contributed by atoms with Crippen molar-refractivity contribution in [1.82, 2.24) is 13.9 Å². The van der Waals surface area contributed by atoms with E-state index in [1.54, 1.807) is 30.3 Å².